The van der Waals surface area contributed by atoms with Crippen LogP contribution in [-0.2, 0) is 11.2 Å². The summed E-state index contributed by atoms with van der Waals surface area (Å²) in [5.41, 5.74) is 2.22. The molecule has 1 aromatic carbocycles. The van der Waals surface area contributed by atoms with Gasteiger partial charge in [0, 0.05) is 44.8 Å². The minimum atomic E-state index is -0.237. The van der Waals surface area contributed by atoms with Gasteiger partial charge in [-0.1, -0.05) is 0 Å². The number of halogens is 1. The number of rotatable bonds is 8. The average molecular weight is 403 g/mol. The van der Waals surface area contributed by atoms with Gasteiger partial charge in [0.2, 0.25) is 5.91 Å². The van der Waals surface area contributed by atoms with Gasteiger partial charge in [0.1, 0.15) is 11.6 Å². The van der Waals surface area contributed by atoms with E-state index in [0.29, 0.717) is 23.8 Å². The van der Waals surface area contributed by atoms with Crippen LogP contribution in [0.3, 0.4) is 0 Å². The fraction of sp³-hybridized carbons (Fsp3) is 0.619. The Kier molecular flexibility index (Phi) is 6.01. The molecule has 0 atom stereocenters. The Morgan fingerprint density at radius 3 is 2.76 bits per heavy atom. The van der Waals surface area contributed by atoms with Crippen LogP contribution in [0.15, 0.2) is 12.1 Å². The highest BCUT2D eigenvalue weighted by Crippen LogP contribution is 2.40. The Morgan fingerprint density at radius 1 is 1.31 bits per heavy atom. The van der Waals surface area contributed by atoms with Crippen molar-refractivity contribution in [1.29, 1.82) is 0 Å². The molecule has 7 nitrogen and oxygen atoms in total. The summed E-state index contributed by atoms with van der Waals surface area (Å²) in [6, 6.07) is 3.84. The first kappa shape index (κ1) is 20.1. The molecule has 1 saturated heterocycles. The highest BCUT2D eigenvalue weighted by molar-refractivity contribution is 5.84. The zero-order chi connectivity index (χ0) is 20.4. The number of nitrogens with zero attached hydrogens (tertiary/aromatic N) is 4. The molecular formula is C21H31FN6O. The molecule has 1 aliphatic carbocycles. The fourth-order valence-electron chi connectivity index (χ4n) is 4.00. The topological polar surface area (TPSA) is 65.4 Å². The molecule has 8 heteroatoms. The summed E-state index contributed by atoms with van der Waals surface area (Å²) in [5, 5.41) is 6.29. The van der Waals surface area contributed by atoms with Gasteiger partial charge in [0.15, 0.2) is 0 Å². The van der Waals surface area contributed by atoms with Crippen LogP contribution in [0.25, 0.3) is 11.0 Å². The molecule has 2 heterocycles. The summed E-state index contributed by atoms with van der Waals surface area (Å²) in [7, 11) is 4.04. The lowest BCUT2D eigenvalue weighted by Crippen LogP contribution is -2.43. The van der Waals surface area contributed by atoms with E-state index in [-0.39, 0.29) is 18.1 Å². The summed E-state index contributed by atoms with van der Waals surface area (Å²) >= 11 is 0. The van der Waals surface area contributed by atoms with Crippen molar-refractivity contribution >= 4 is 22.6 Å². The summed E-state index contributed by atoms with van der Waals surface area (Å²) in [6.45, 7) is 4.90. The Labute approximate surface area is 171 Å². The van der Waals surface area contributed by atoms with Crippen LogP contribution in [0.4, 0.5) is 10.1 Å². The lowest BCUT2D eigenvalue weighted by atomic mass is 10.2. The maximum atomic E-state index is 14.8. The monoisotopic (exact) mass is 402 g/mol. The van der Waals surface area contributed by atoms with E-state index in [9.17, 15) is 9.18 Å². The van der Waals surface area contributed by atoms with Crippen molar-refractivity contribution in [2.24, 2.45) is 0 Å². The highest BCUT2D eigenvalue weighted by Gasteiger charge is 2.30. The number of nitrogens with one attached hydrogen (secondary N) is 2. The molecule has 2 aliphatic rings. The average Bonchev–Trinajstić information content (AvgIpc) is 3.47. The Hall–Kier alpha value is -2.19. The standard InChI is InChI=1S/C21H31FN6O/c1-26(2)9-3-6-24-21(29)14-20-25-17-12-16(22)18(27-10-7-23-8-11-27)13-19(17)28(20)15-4-5-15/h12-13,15,23H,3-11,14H2,1-2H3,(H,24,29). The summed E-state index contributed by atoms with van der Waals surface area (Å²) in [5.74, 6) is 0.479. The molecule has 1 aromatic heterocycles. The molecule has 0 spiro atoms. The van der Waals surface area contributed by atoms with Crippen LogP contribution in [0.1, 0.15) is 31.1 Å². The van der Waals surface area contributed by atoms with Gasteiger partial charge in [-0.3, -0.25) is 4.79 Å². The number of carbonyl (C=O) groups is 1. The van der Waals surface area contributed by atoms with Crippen LogP contribution >= 0.6 is 0 Å². The first-order chi connectivity index (χ1) is 14.0. The first-order valence-corrected chi connectivity index (χ1v) is 10.6. The number of benzene rings is 1. The minimum absolute atomic E-state index is 0.0243. The van der Waals surface area contributed by atoms with E-state index < -0.39 is 0 Å². The van der Waals surface area contributed by atoms with Gasteiger partial charge in [-0.15, -0.1) is 0 Å². The predicted octanol–water partition coefficient (Wildman–Crippen LogP) is 1.53. The number of fused-ring (bicyclic) bond motifs is 1. The number of aromatic nitrogens is 2. The van der Waals surface area contributed by atoms with Crippen LogP contribution in [0, 0.1) is 5.82 Å². The molecule has 2 fully saturated rings. The largest absolute Gasteiger partial charge is 0.367 e. The number of piperazine rings is 1. The molecule has 0 radical (unpaired) electrons. The van der Waals surface area contributed by atoms with Gasteiger partial charge in [-0.2, -0.15) is 0 Å². The molecule has 1 aliphatic heterocycles. The Balaban J connectivity index is 1.54. The SMILES string of the molecule is CN(C)CCCNC(=O)Cc1nc2cc(F)c(N3CCNCC3)cc2n1C1CC1. The lowest BCUT2D eigenvalue weighted by molar-refractivity contribution is -0.120. The molecule has 158 valence electrons. The van der Waals surface area contributed by atoms with Gasteiger partial charge < -0.3 is 25.0 Å². The Bertz CT molecular complexity index is 870. The van der Waals surface area contributed by atoms with Crippen LogP contribution in [0.5, 0.6) is 0 Å². The van der Waals surface area contributed by atoms with Crippen molar-refractivity contribution in [1.82, 2.24) is 25.1 Å². The number of hydrogen-bond donors (Lipinski definition) is 2. The van der Waals surface area contributed by atoms with E-state index in [4.69, 9.17) is 0 Å². The second kappa shape index (κ2) is 8.67. The van der Waals surface area contributed by atoms with E-state index in [0.717, 1.165) is 63.3 Å². The summed E-state index contributed by atoms with van der Waals surface area (Å²) < 4.78 is 17.0. The molecule has 4 rings (SSSR count). The van der Waals surface area contributed by atoms with Crippen molar-refractivity contribution < 1.29 is 9.18 Å². The summed E-state index contributed by atoms with van der Waals surface area (Å²) in [6.07, 6.45) is 3.32. The number of imidazole rings is 1. The number of carbonyl (C=O) groups excluding carboxylic acids is 1. The van der Waals surface area contributed by atoms with Gasteiger partial charge in [-0.25, -0.2) is 9.37 Å². The fourth-order valence-corrected chi connectivity index (χ4v) is 4.00. The van der Waals surface area contributed by atoms with Gasteiger partial charge in [0.05, 0.1) is 23.1 Å². The third-order valence-corrected chi connectivity index (χ3v) is 5.62. The second-order valence-electron chi connectivity index (χ2n) is 8.34. The lowest BCUT2D eigenvalue weighted by Gasteiger charge is -2.29. The number of amides is 1. The van der Waals surface area contributed by atoms with Crippen molar-refractivity contribution in [3.8, 4) is 0 Å². The zero-order valence-corrected chi connectivity index (χ0v) is 17.4. The van der Waals surface area contributed by atoms with E-state index >= 15 is 0 Å². The third-order valence-electron chi connectivity index (χ3n) is 5.62. The van der Waals surface area contributed by atoms with E-state index in [1.165, 1.54) is 6.07 Å². The van der Waals surface area contributed by atoms with E-state index in [1.54, 1.807) is 0 Å². The normalized spacial score (nSPS) is 17.3. The number of anilines is 1. The van der Waals surface area contributed by atoms with E-state index in [1.807, 2.05) is 20.2 Å². The third kappa shape index (κ3) is 4.70. The molecule has 2 aromatic rings. The highest BCUT2D eigenvalue weighted by atomic mass is 19.1. The van der Waals surface area contributed by atoms with Crippen molar-refractivity contribution in [3.63, 3.8) is 0 Å². The van der Waals surface area contributed by atoms with Gasteiger partial charge in [0.25, 0.3) is 0 Å². The van der Waals surface area contributed by atoms with Gasteiger partial charge in [-0.05, 0) is 46.0 Å². The molecule has 0 unspecified atom stereocenters. The first-order valence-electron chi connectivity index (χ1n) is 10.6. The molecular weight excluding hydrogens is 371 g/mol. The minimum Gasteiger partial charge on any atom is -0.367 e. The Morgan fingerprint density at radius 2 is 2.07 bits per heavy atom. The van der Waals surface area contributed by atoms with Crippen molar-refractivity contribution in [3.05, 3.63) is 23.8 Å². The van der Waals surface area contributed by atoms with Crippen LogP contribution in [0.2, 0.25) is 0 Å². The molecule has 1 amide bonds. The molecule has 1 saturated carbocycles. The van der Waals surface area contributed by atoms with Gasteiger partial charge >= 0.3 is 0 Å². The molecule has 2 N–H and O–H groups in total. The molecule has 29 heavy (non-hydrogen) atoms. The van der Waals surface area contributed by atoms with Crippen LogP contribution < -0.4 is 15.5 Å². The predicted molar refractivity (Wildman–Crippen MR) is 113 cm³/mol. The van der Waals surface area contributed by atoms with Crippen LogP contribution in [-0.4, -0.2) is 73.7 Å². The summed E-state index contributed by atoms with van der Waals surface area (Å²) in [4.78, 5) is 21.3. The smallest absolute Gasteiger partial charge is 0.227 e. The van der Waals surface area contributed by atoms with E-state index in [2.05, 4.69) is 30.0 Å². The number of hydrogen-bond acceptors (Lipinski definition) is 5. The second-order valence-corrected chi connectivity index (χ2v) is 8.34. The quantitative estimate of drug-likeness (QED) is 0.656. The molecule has 0 bridgehead atoms. The maximum absolute atomic E-state index is 14.8. The van der Waals surface area contributed by atoms with Crippen molar-refractivity contribution in [2.45, 2.75) is 31.7 Å². The zero-order valence-electron chi connectivity index (χ0n) is 17.4. The maximum Gasteiger partial charge on any atom is 0.227 e. The van der Waals surface area contributed by atoms with Crippen molar-refractivity contribution in [2.75, 3.05) is 58.3 Å².